The van der Waals surface area contributed by atoms with Gasteiger partial charge in [-0.05, 0) is 31.3 Å². The predicted octanol–water partition coefficient (Wildman–Crippen LogP) is 1.87. The number of aryl methyl sites for hydroxylation is 1. The van der Waals surface area contributed by atoms with Crippen LogP contribution in [-0.4, -0.2) is 19.7 Å². The van der Waals surface area contributed by atoms with Gasteiger partial charge in [0.25, 0.3) is 5.89 Å². The number of hydrogen-bond acceptors (Lipinski definition) is 7. The standard InChI is InChI=1S/C10H15N5OS/c1-4-10(11,5-2)9-12-8(16-14-9)7-6(3)13-15-17-7/h4-5,11H2,1-3H3. The molecule has 92 valence electrons. The van der Waals surface area contributed by atoms with Crippen LogP contribution < -0.4 is 5.73 Å². The molecule has 0 unspecified atom stereocenters. The lowest BCUT2D eigenvalue weighted by Crippen LogP contribution is -2.36. The van der Waals surface area contributed by atoms with Crippen LogP contribution in [0.25, 0.3) is 10.8 Å². The van der Waals surface area contributed by atoms with Gasteiger partial charge < -0.3 is 10.3 Å². The molecule has 7 heteroatoms. The van der Waals surface area contributed by atoms with Crippen LogP contribution in [-0.2, 0) is 5.54 Å². The first-order valence-electron chi connectivity index (χ1n) is 5.53. The van der Waals surface area contributed by atoms with Gasteiger partial charge in [-0.3, -0.25) is 0 Å². The van der Waals surface area contributed by atoms with Crippen molar-refractivity contribution in [2.75, 3.05) is 0 Å². The molecular weight excluding hydrogens is 238 g/mol. The molecule has 0 aliphatic rings. The van der Waals surface area contributed by atoms with Gasteiger partial charge >= 0.3 is 0 Å². The summed E-state index contributed by atoms with van der Waals surface area (Å²) in [6.45, 7) is 5.89. The van der Waals surface area contributed by atoms with Crippen molar-refractivity contribution in [3.63, 3.8) is 0 Å². The first-order chi connectivity index (χ1) is 8.10. The minimum Gasteiger partial charge on any atom is -0.333 e. The molecule has 2 aromatic heterocycles. The number of aromatic nitrogens is 4. The fourth-order valence-corrected chi connectivity index (χ4v) is 2.09. The molecule has 17 heavy (non-hydrogen) atoms. The van der Waals surface area contributed by atoms with Crippen molar-refractivity contribution in [2.24, 2.45) is 5.73 Å². The predicted molar refractivity (Wildman–Crippen MR) is 64.4 cm³/mol. The molecule has 6 nitrogen and oxygen atoms in total. The summed E-state index contributed by atoms with van der Waals surface area (Å²) in [5.74, 6) is 0.995. The van der Waals surface area contributed by atoms with E-state index in [1.807, 2.05) is 20.8 Å². The highest BCUT2D eigenvalue weighted by Gasteiger charge is 2.29. The number of nitrogens with zero attached hydrogens (tertiary/aromatic N) is 4. The summed E-state index contributed by atoms with van der Waals surface area (Å²) in [6, 6.07) is 0. The summed E-state index contributed by atoms with van der Waals surface area (Å²) in [4.78, 5) is 5.16. The largest absolute Gasteiger partial charge is 0.333 e. The average molecular weight is 253 g/mol. The molecule has 0 aliphatic heterocycles. The SMILES string of the molecule is CCC(N)(CC)c1noc(-c2snnc2C)n1. The van der Waals surface area contributed by atoms with Gasteiger partial charge in [0, 0.05) is 0 Å². The van der Waals surface area contributed by atoms with Gasteiger partial charge in [-0.1, -0.05) is 23.5 Å². The summed E-state index contributed by atoms with van der Waals surface area (Å²) < 4.78 is 9.07. The van der Waals surface area contributed by atoms with E-state index in [0.717, 1.165) is 23.4 Å². The second-order valence-corrected chi connectivity index (χ2v) is 4.73. The number of hydrogen-bond donors (Lipinski definition) is 1. The second-order valence-electron chi connectivity index (χ2n) is 3.97. The molecule has 0 bridgehead atoms. The average Bonchev–Trinajstić information content (AvgIpc) is 2.96. The van der Waals surface area contributed by atoms with Gasteiger partial charge in [0.05, 0.1) is 11.2 Å². The Morgan fingerprint density at radius 3 is 2.59 bits per heavy atom. The van der Waals surface area contributed by atoms with Gasteiger partial charge in [-0.2, -0.15) is 4.98 Å². The van der Waals surface area contributed by atoms with Crippen molar-refractivity contribution < 1.29 is 4.52 Å². The maximum atomic E-state index is 6.21. The first kappa shape index (κ1) is 12.1. The molecule has 0 atom stereocenters. The van der Waals surface area contributed by atoms with E-state index in [9.17, 15) is 0 Å². The maximum absolute atomic E-state index is 6.21. The number of nitrogens with two attached hydrogens (primary N) is 1. The Labute approximate surface area is 103 Å². The van der Waals surface area contributed by atoms with E-state index in [-0.39, 0.29) is 0 Å². The van der Waals surface area contributed by atoms with Crippen LogP contribution in [0.4, 0.5) is 0 Å². The van der Waals surface area contributed by atoms with Crippen LogP contribution in [0.15, 0.2) is 4.52 Å². The molecular formula is C10H15N5OS. The van der Waals surface area contributed by atoms with Crippen LogP contribution in [0.1, 0.15) is 38.2 Å². The van der Waals surface area contributed by atoms with E-state index in [1.165, 1.54) is 11.5 Å². The molecule has 0 saturated heterocycles. The van der Waals surface area contributed by atoms with Gasteiger partial charge in [-0.15, -0.1) is 5.10 Å². The van der Waals surface area contributed by atoms with E-state index < -0.39 is 5.54 Å². The molecule has 0 amide bonds. The van der Waals surface area contributed by atoms with Crippen molar-refractivity contribution in [3.05, 3.63) is 11.5 Å². The Bertz CT molecular complexity index is 502. The van der Waals surface area contributed by atoms with Crippen molar-refractivity contribution in [3.8, 4) is 10.8 Å². The molecule has 0 radical (unpaired) electrons. The van der Waals surface area contributed by atoms with Crippen molar-refractivity contribution >= 4 is 11.5 Å². The van der Waals surface area contributed by atoms with Crippen LogP contribution in [0.3, 0.4) is 0 Å². The Morgan fingerprint density at radius 2 is 2.06 bits per heavy atom. The fourth-order valence-electron chi connectivity index (χ4n) is 1.51. The lowest BCUT2D eigenvalue weighted by Gasteiger charge is -2.21. The van der Waals surface area contributed by atoms with Gasteiger partial charge in [-0.25, -0.2) is 0 Å². The Morgan fingerprint density at radius 1 is 1.35 bits per heavy atom. The summed E-state index contributed by atoms with van der Waals surface area (Å²) in [5.41, 5.74) is 6.48. The van der Waals surface area contributed by atoms with Gasteiger partial charge in [0.15, 0.2) is 5.82 Å². The Kier molecular flexibility index (Phi) is 3.21. The molecule has 0 saturated carbocycles. The quantitative estimate of drug-likeness (QED) is 0.894. The third-order valence-electron chi connectivity index (χ3n) is 2.98. The lowest BCUT2D eigenvalue weighted by atomic mass is 9.93. The maximum Gasteiger partial charge on any atom is 0.271 e. The first-order valence-corrected chi connectivity index (χ1v) is 6.30. The zero-order chi connectivity index (χ0) is 12.5. The molecule has 2 heterocycles. The molecule has 0 aliphatic carbocycles. The molecule has 2 aromatic rings. The van der Waals surface area contributed by atoms with Crippen LogP contribution >= 0.6 is 11.5 Å². The van der Waals surface area contributed by atoms with E-state index in [1.54, 1.807) is 0 Å². The molecule has 0 aromatic carbocycles. The van der Waals surface area contributed by atoms with Crippen molar-refractivity contribution in [2.45, 2.75) is 39.2 Å². The van der Waals surface area contributed by atoms with Crippen molar-refractivity contribution in [1.29, 1.82) is 0 Å². The molecule has 2 N–H and O–H groups in total. The van der Waals surface area contributed by atoms with E-state index in [0.29, 0.717) is 11.7 Å². The normalized spacial score (nSPS) is 12.0. The van der Waals surface area contributed by atoms with E-state index in [4.69, 9.17) is 10.3 Å². The minimum absolute atomic E-state index is 0.448. The monoisotopic (exact) mass is 253 g/mol. The molecule has 2 rings (SSSR count). The lowest BCUT2D eigenvalue weighted by molar-refractivity contribution is 0.350. The zero-order valence-corrected chi connectivity index (χ0v) is 10.9. The van der Waals surface area contributed by atoms with Crippen LogP contribution in [0.5, 0.6) is 0 Å². The highest BCUT2D eigenvalue weighted by Crippen LogP contribution is 2.28. The zero-order valence-electron chi connectivity index (χ0n) is 10.1. The van der Waals surface area contributed by atoms with Crippen molar-refractivity contribution in [1.82, 2.24) is 19.7 Å². The minimum atomic E-state index is -0.520. The van der Waals surface area contributed by atoms with Crippen LogP contribution in [0, 0.1) is 6.92 Å². The molecule has 0 spiro atoms. The van der Waals surface area contributed by atoms with E-state index in [2.05, 4.69) is 19.7 Å². The summed E-state index contributed by atoms with van der Waals surface area (Å²) in [7, 11) is 0. The van der Waals surface area contributed by atoms with Crippen LogP contribution in [0.2, 0.25) is 0 Å². The third-order valence-corrected chi connectivity index (χ3v) is 3.79. The van der Waals surface area contributed by atoms with E-state index >= 15 is 0 Å². The highest BCUT2D eigenvalue weighted by atomic mass is 32.1. The number of rotatable bonds is 4. The topological polar surface area (TPSA) is 90.7 Å². The summed E-state index contributed by atoms with van der Waals surface area (Å²) in [6.07, 6.45) is 1.53. The third kappa shape index (κ3) is 2.07. The highest BCUT2D eigenvalue weighted by molar-refractivity contribution is 7.09. The van der Waals surface area contributed by atoms with Gasteiger partial charge in [0.2, 0.25) is 0 Å². The summed E-state index contributed by atoms with van der Waals surface area (Å²) in [5, 5.41) is 7.88. The Balaban J connectivity index is 2.37. The van der Waals surface area contributed by atoms with Gasteiger partial charge in [0.1, 0.15) is 4.88 Å². The summed E-state index contributed by atoms with van der Waals surface area (Å²) >= 11 is 1.24. The second kappa shape index (κ2) is 4.50. The fraction of sp³-hybridized carbons (Fsp3) is 0.600. The Hall–Kier alpha value is -1.34. The molecule has 0 fully saturated rings. The smallest absolute Gasteiger partial charge is 0.271 e.